The van der Waals surface area contributed by atoms with Crippen LogP contribution < -0.4 is 5.32 Å². The fraction of sp³-hybridized carbons (Fsp3) is 0.263. The minimum absolute atomic E-state index is 0.0105. The minimum Gasteiger partial charge on any atom is -0.324 e. The van der Waals surface area contributed by atoms with E-state index in [-0.39, 0.29) is 27.3 Å². The maximum atomic E-state index is 12.7. The molecule has 0 saturated heterocycles. The molecule has 1 N–H and O–H groups in total. The van der Waals surface area contributed by atoms with Gasteiger partial charge in [0.2, 0.25) is 21.1 Å². The van der Waals surface area contributed by atoms with Gasteiger partial charge in [0, 0.05) is 13.1 Å². The number of carbonyl (C=O) groups excluding carboxylic acids is 1. The summed E-state index contributed by atoms with van der Waals surface area (Å²) in [6, 6.07) is 13.5. The van der Waals surface area contributed by atoms with Gasteiger partial charge >= 0.3 is 0 Å². The molecule has 9 nitrogen and oxygen atoms in total. The van der Waals surface area contributed by atoms with E-state index in [0.29, 0.717) is 18.2 Å². The molecule has 1 heterocycles. The van der Waals surface area contributed by atoms with Gasteiger partial charge in [0.25, 0.3) is 0 Å². The van der Waals surface area contributed by atoms with Crippen molar-refractivity contribution in [2.45, 2.75) is 23.9 Å². The zero-order valence-corrected chi connectivity index (χ0v) is 19.3. The summed E-state index contributed by atoms with van der Waals surface area (Å²) in [5.41, 5.74) is 0.996. The predicted molar refractivity (Wildman–Crippen MR) is 120 cm³/mol. The molecule has 0 aliphatic rings. The largest absolute Gasteiger partial charge is 0.324 e. The Morgan fingerprint density at radius 2 is 1.87 bits per heavy atom. The molecule has 0 aliphatic carbocycles. The van der Waals surface area contributed by atoms with Gasteiger partial charge in [0.15, 0.2) is 0 Å². The smallest absolute Gasteiger partial charge is 0.243 e. The Labute approximate surface area is 189 Å². The summed E-state index contributed by atoms with van der Waals surface area (Å²) < 4.78 is 28.3. The summed E-state index contributed by atoms with van der Waals surface area (Å²) in [7, 11) is -3.67. The third-order valence-electron chi connectivity index (χ3n) is 4.33. The molecule has 1 amide bonds. The molecule has 0 aliphatic heterocycles. The predicted octanol–water partition coefficient (Wildman–Crippen LogP) is 3.08. The van der Waals surface area contributed by atoms with E-state index in [1.807, 2.05) is 30.3 Å². The van der Waals surface area contributed by atoms with E-state index in [9.17, 15) is 13.2 Å². The topological polar surface area (TPSA) is 110 Å². The highest BCUT2D eigenvalue weighted by Gasteiger charge is 2.23. The van der Waals surface area contributed by atoms with Crippen molar-refractivity contribution in [3.05, 3.63) is 53.6 Å². The first-order valence-electron chi connectivity index (χ1n) is 9.43. The van der Waals surface area contributed by atoms with Crippen molar-refractivity contribution in [1.29, 1.82) is 0 Å². The van der Waals surface area contributed by atoms with Gasteiger partial charge in [-0.15, -0.1) is 5.10 Å². The van der Waals surface area contributed by atoms with E-state index < -0.39 is 10.0 Å². The number of nitrogens with zero attached hydrogens (tertiary/aromatic N) is 5. The number of anilines is 1. The van der Waals surface area contributed by atoms with Crippen LogP contribution in [-0.4, -0.2) is 57.7 Å². The second kappa shape index (κ2) is 10.2. The van der Waals surface area contributed by atoms with Gasteiger partial charge in [0.1, 0.15) is 0 Å². The SMILES string of the molecule is CCN(CC)S(=O)(=O)c1ccc(Cl)c(NC(=O)CSc2nnnn2-c2ccccc2)c1. The molecule has 12 heteroatoms. The number of carbonyl (C=O) groups is 1. The van der Waals surface area contributed by atoms with Crippen molar-refractivity contribution in [1.82, 2.24) is 24.5 Å². The Bertz CT molecular complexity index is 1150. The lowest BCUT2D eigenvalue weighted by molar-refractivity contribution is -0.113. The Hall–Kier alpha value is -2.47. The molecular weight excluding hydrogens is 460 g/mol. The number of benzene rings is 2. The highest BCUT2D eigenvalue weighted by atomic mass is 35.5. The van der Waals surface area contributed by atoms with Crippen LogP contribution in [0, 0.1) is 0 Å². The van der Waals surface area contributed by atoms with Gasteiger partial charge in [-0.05, 0) is 40.8 Å². The number of hydrogen-bond donors (Lipinski definition) is 1. The van der Waals surface area contributed by atoms with Crippen LogP contribution in [0.3, 0.4) is 0 Å². The number of rotatable bonds is 9. The summed E-state index contributed by atoms with van der Waals surface area (Å²) in [5.74, 6) is -0.358. The molecule has 0 atom stereocenters. The minimum atomic E-state index is -3.67. The lowest BCUT2D eigenvalue weighted by Crippen LogP contribution is -2.30. The number of aromatic nitrogens is 4. The van der Waals surface area contributed by atoms with Crippen molar-refractivity contribution >= 4 is 45.0 Å². The van der Waals surface area contributed by atoms with Crippen LogP contribution in [0.25, 0.3) is 5.69 Å². The molecular formula is C19H21ClN6O3S2. The van der Waals surface area contributed by atoms with E-state index >= 15 is 0 Å². The second-order valence-corrected chi connectivity index (χ2v) is 9.56. The highest BCUT2D eigenvalue weighted by Crippen LogP contribution is 2.27. The van der Waals surface area contributed by atoms with Gasteiger partial charge in [-0.1, -0.05) is 55.4 Å². The van der Waals surface area contributed by atoms with Gasteiger partial charge < -0.3 is 5.32 Å². The van der Waals surface area contributed by atoms with Crippen molar-refractivity contribution in [2.24, 2.45) is 0 Å². The number of halogens is 1. The van der Waals surface area contributed by atoms with Crippen LogP contribution in [0.1, 0.15) is 13.8 Å². The summed E-state index contributed by atoms with van der Waals surface area (Å²) in [6.07, 6.45) is 0. The molecule has 0 unspecified atom stereocenters. The number of hydrogen-bond acceptors (Lipinski definition) is 7. The maximum absolute atomic E-state index is 12.7. The van der Waals surface area contributed by atoms with E-state index in [4.69, 9.17) is 11.6 Å². The van der Waals surface area contributed by atoms with Gasteiger partial charge in [0.05, 0.1) is 27.0 Å². The van der Waals surface area contributed by atoms with Crippen LogP contribution in [-0.2, 0) is 14.8 Å². The van der Waals surface area contributed by atoms with Crippen LogP contribution in [0.15, 0.2) is 58.6 Å². The Balaban J connectivity index is 1.71. The Morgan fingerprint density at radius 1 is 1.16 bits per heavy atom. The lowest BCUT2D eigenvalue weighted by atomic mass is 10.3. The number of tetrazole rings is 1. The average molecular weight is 481 g/mol. The molecule has 3 rings (SSSR count). The van der Waals surface area contributed by atoms with Crippen molar-refractivity contribution < 1.29 is 13.2 Å². The van der Waals surface area contributed by atoms with Crippen molar-refractivity contribution in [3.8, 4) is 5.69 Å². The molecule has 3 aromatic rings. The average Bonchev–Trinajstić information content (AvgIpc) is 3.23. The van der Waals surface area contributed by atoms with E-state index in [1.165, 1.54) is 27.2 Å². The van der Waals surface area contributed by atoms with Gasteiger partial charge in [-0.2, -0.15) is 8.99 Å². The molecule has 0 fully saturated rings. The summed E-state index contributed by atoms with van der Waals surface area (Å²) in [5, 5.41) is 14.9. The number of para-hydroxylation sites is 1. The molecule has 164 valence electrons. The zero-order chi connectivity index (χ0) is 22.4. The van der Waals surface area contributed by atoms with Crippen LogP contribution in [0.4, 0.5) is 5.69 Å². The van der Waals surface area contributed by atoms with E-state index in [0.717, 1.165) is 17.4 Å². The summed E-state index contributed by atoms with van der Waals surface area (Å²) in [4.78, 5) is 12.6. The second-order valence-electron chi connectivity index (χ2n) is 6.28. The number of thioether (sulfide) groups is 1. The van der Waals surface area contributed by atoms with Crippen molar-refractivity contribution in [2.75, 3.05) is 24.2 Å². The first-order chi connectivity index (χ1) is 14.9. The molecule has 0 saturated carbocycles. The Kier molecular flexibility index (Phi) is 7.65. The number of sulfonamides is 1. The highest BCUT2D eigenvalue weighted by molar-refractivity contribution is 7.99. The molecule has 2 aromatic carbocycles. The molecule has 31 heavy (non-hydrogen) atoms. The van der Waals surface area contributed by atoms with E-state index in [2.05, 4.69) is 20.8 Å². The van der Waals surface area contributed by atoms with E-state index in [1.54, 1.807) is 13.8 Å². The fourth-order valence-electron chi connectivity index (χ4n) is 2.79. The van der Waals surface area contributed by atoms with Crippen LogP contribution in [0.2, 0.25) is 5.02 Å². The molecule has 0 bridgehead atoms. The van der Waals surface area contributed by atoms with Gasteiger partial charge in [-0.3, -0.25) is 4.79 Å². The van der Waals surface area contributed by atoms with Crippen molar-refractivity contribution in [3.63, 3.8) is 0 Å². The molecule has 0 radical (unpaired) electrons. The first-order valence-corrected chi connectivity index (χ1v) is 12.2. The number of amides is 1. The standard InChI is InChI=1S/C19H21ClN6O3S2/c1-3-25(4-2)31(28,29)15-10-11-16(20)17(12-15)21-18(27)13-30-19-22-23-24-26(19)14-8-6-5-7-9-14/h5-12H,3-4,13H2,1-2H3,(H,21,27). The number of nitrogens with one attached hydrogen (secondary N) is 1. The fourth-order valence-corrected chi connectivity index (χ4v) is 5.13. The normalized spacial score (nSPS) is 11.6. The third kappa shape index (κ3) is 5.42. The monoisotopic (exact) mass is 480 g/mol. The quantitative estimate of drug-likeness (QED) is 0.468. The molecule has 1 aromatic heterocycles. The Morgan fingerprint density at radius 3 is 2.55 bits per heavy atom. The lowest BCUT2D eigenvalue weighted by Gasteiger charge is -2.19. The molecule has 0 spiro atoms. The van der Waals surface area contributed by atoms with Crippen LogP contribution in [0.5, 0.6) is 0 Å². The summed E-state index contributed by atoms with van der Waals surface area (Å²) >= 11 is 7.33. The zero-order valence-electron chi connectivity index (χ0n) is 16.9. The maximum Gasteiger partial charge on any atom is 0.243 e. The third-order valence-corrected chi connectivity index (χ3v) is 7.62. The van der Waals surface area contributed by atoms with Crippen LogP contribution >= 0.6 is 23.4 Å². The first kappa shape index (κ1) is 23.2. The van der Waals surface area contributed by atoms with Gasteiger partial charge in [-0.25, -0.2) is 8.42 Å². The summed E-state index contributed by atoms with van der Waals surface area (Å²) in [6.45, 7) is 4.21.